The first-order valence-corrected chi connectivity index (χ1v) is 10.0. The Morgan fingerprint density at radius 2 is 1.85 bits per heavy atom. The van der Waals surface area contributed by atoms with Crippen LogP contribution >= 0.6 is 24.0 Å². The minimum absolute atomic E-state index is 0. The van der Waals surface area contributed by atoms with E-state index in [-0.39, 0.29) is 24.0 Å². The van der Waals surface area contributed by atoms with Gasteiger partial charge in [0, 0.05) is 32.4 Å². The van der Waals surface area contributed by atoms with Crippen molar-refractivity contribution in [3.05, 3.63) is 29.8 Å². The molecule has 0 bridgehead atoms. The molecule has 0 aromatic heterocycles. The van der Waals surface area contributed by atoms with Crippen LogP contribution in [0, 0.1) is 0 Å². The minimum atomic E-state index is 0. The molecule has 1 aromatic carbocycles. The molecule has 2 N–H and O–H groups in total. The Morgan fingerprint density at radius 3 is 2.44 bits per heavy atom. The fourth-order valence-electron chi connectivity index (χ4n) is 2.89. The summed E-state index contributed by atoms with van der Waals surface area (Å²) in [6.45, 7) is 13.8. The van der Waals surface area contributed by atoms with Crippen LogP contribution in [0.5, 0.6) is 0 Å². The molecule has 1 atom stereocenters. The third-order valence-electron chi connectivity index (χ3n) is 4.58. The number of hydrogen-bond acceptors (Lipinski definition) is 3. The number of guanidine groups is 1. The molecule has 6 heteroatoms. The number of anilines is 1. The van der Waals surface area contributed by atoms with E-state index in [0.29, 0.717) is 12.6 Å². The number of nitrogens with one attached hydrogen (secondary N) is 2. The van der Waals surface area contributed by atoms with Gasteiger partial charge in [-0.1, -0.05) is 26.0 Å². The zero-order valence-electron chi connectivity index (χ0n) is 18.1. The van der Waals surface area contributed by atoms with Gasteiger partial charge in [0.2, 0.25) is 0 Å². The maximum Gasteiger partial charge on any atom is 0.191 e. The number of aliphatic imine (C=N–C) groups is 1. The molecule has 1 rings (SSSR count). The van der Waals surface area contributed by atoms with Gasteiger partial charge in [-0.3, -0.25) is 0 Å². The predicted octanol–water partition coefficient (Wildman–Crippen LogP) is 3.94. The topological polar surface area (TPSA) is 42.9 Å². The average Bonchev–Trinajstić information content (AvgIpc) is 2.63. The van der Waals surface area contributed by atoms with Gasteiger partial charge in [0.1, 0.15) is 0 Å². The van der Waals surface area contributed by atoms with Crippen LogP contribution in [0.2, 0.25) is 0 Å². The van der Waals surface area contributed by atoms with Crippen molar-refractivity contribution in [2.75, 3.05) is 45.2 Å². The standard InChI is InChI=1S/C21H39N5.HI/c1-7-22-21(24-18(4)12-11-15-26(8-2)9-3)23-17-19-13-10-14-20(16-19)25(5)6;/h10,13-14,16,18H,7-9,11-12,15,17H2,1-6H3,(H2,22,23,24);1H. The molecule has 0 aliphatic heterocycles. The molecule has 0 spiro atoms. The van der Waals surface area contributed by atoms with E-state index in [4.69, 9.17) is 4.99 Å². The Kier molecular flexibility index (Phi) is 14.4. The molecule has 0 amide bonds. The first kappa shape index (κ1) is 26.0. The van der Waals surface area contributed by atoms with Crippen LogP contribution in [0.1, 0.15) is 46.1 Å². The summed E-state index contributed by atoms with van der Waals surface area (Å²) in [4.78, 5) is 9.36. The second-order valence-electron chi connectivity index (χ2n) is 6.97. The smallest absolute Gasteiger partial charge is 0.191 e. The minimum Gasteiger partial charge on any atom is -0.378 e. The Morgan fingerprint density at radius 1 is 1.15 bits per heavy atom. The zero-order valence-corrected chi connectivity index (χ0v) is 20.4. The Bertz CT molecular complexity index is 529. The maximum atomic E-state index is 4.77. The Labute approximate surface area is 184 Å². The summed E-state index contributed by atoms with van der Waals surface area (Å²) in [5.41, 5.74) is 2.43. The lowest BCUT2D eigenvalue weighted by atomic mass is 10.2. The summed E-state index contributed by atoms with van der Waals surface area (Å²) in [5, 5.41) is 6.91. The molecule has 0 fully saturated rings. The summed E-state index contributed by atoms with van der Waals surface area (Å²) in [6.07, 6.45) is 2.36. The van der Waals surface area contributed by atoms with Gasteiger partial charge in [0.15, 0.2) is 5.96 Å². The van der Waals surface area contributed by atoms with E-state index in [2.05, 4.69) is 86.5 Å². The van der Waals surface area contributed by atoms with Gasteiger partial charge in [-0.25, -0.2) is 4.99 Å². The van der Waals surface area contributed by atoms with Gasteiger partial charge in [-0.2, -0.15) is 0 Å². The fraction of sp³-hybridized carbons (Fsp3) is 0.667. The van der Waals surface area contributed by atoms with Crippen LogP contribution in [-0.4, -0.2) is 57.2 Å². The molecule has 0 aliphatic rings. The molecule has 156 valence electrons. The Balaban J connectivity index is 0.00000676. The highest BCUT2D eigenvalue weighted by Gasteiger charge is 2.07. The van der Waals surface area contributed by atoms with Crippen molar-refractivity contribution in [1.29, 1.82) is 0 Å². The number of rotatable bonds is 11. The average molecular weight is 489 g/mol. The molecule has 0 heterocycles. The van der Waals surface area contributed by atoms with Crippen molar-refractivity contribution >= 4 is 35.6 Å². The summed E-state index contributed by atoms with van der Waals surface area (Å²) in [7, 11) is 4.13. The number of hydrogen-bond donors (Lipinski definition) is 2. The fourth-order valence-corrected chi connectivity index (χ4v) is 2.89. The largest absolute Gasteiger partial charge is 0.378 e. The molecular weight excluding hydrogens is 449 g/mol. The third-order valence-corrected chi connectivity index (χ3v) is 4.58. The van der Waals surface area contributed by atoms with Gasteiger partial charge in [-0.05, 0) is 64.0 Å². The van der Waals surface area contributed by atoms with Crippen LogP contribution in [-0.2, 0) is 6.54 Å². The van der Waals surface area contributed by atoms with Gasteiger partial charge < -0.3 is 20.4 Å². The van der Waals surface area contributed by atoms with Crippen LogP contribution in [0.3, 0.4) is 0 Å². The lowest BCUT2D eigenvalue weighted by Crippen LogP contribution is -2.42. The molecule has 0 saturated heterocycles. The van der Waals surface area contributed by atoms with Crippen LogP contribution in [0.15, 0.2) is 29.3 Å². The third kappa shape index (κ3) is 10.8. The number of halogens is 1. The van der Waals surface area contributed by atoms with Crippen LogP contribution in [0.25, 0.3) is 0 Å². The van der Waals surface area contributed by atoms with E-state index in [0.717, 1.165) is 32.0 Å². The van der Waals surface area contributed by atoms with E-state index in [9.17, 15) is 0 Å². The van der Waals surface area contributed by atoms with E-state index >= 15 is 0 Å². The summed E-state index contributed by atoms with van der Waals surface area (Å²) < 4.78 is 0. The second kappa shape index (κ2) is 15.0. The SMILES string of the molecule is CCNC(=NCc1cccc(N(C)C)c1)NC(C)CCCN(CC)CC.I. The van der Waals surface area contributed by atoms with Crippen molar-refractivity contribution in [2.45, 2.75) is 53.1 Å². The highest BCUT2D eigenvalue weighted by molar-refractivity contribution is 14.0. The zero-order chi connectivity index (χ0) is 19.4. The molecule has 27 heavy (non-hydrogen) atoms. The molecular formula is C21H40IN5. The molecule has 5 nitrogen and oxygen atoms in total. The van der Waals surface area contributed by atoms with Gasteiger partial charge in [-0.15, -0.1) is 24.0 Å². The quantitative estimate of drug-likeness (QED) is 0.281. The van der Waals surface area contributed by atoms with E-state index in [1.54, 1.807) is 0 Å². The van der Waals surface area contributed by atoms with Crippen molar-refractivity contribution in [3.63, 3.8) is 0 Å². The van der Waals surface area contributed by atoms with Gasteiger partial charge >= 0.3 is 0 Å². The molecule has 0 saturated carbocycles. The van der Waals surface area contributed by atoms with Crippen molar-refractivity contribution in [3.8, 4) is 0 Å². The van der Waals surface area contributed by atoms with Crippen LogP contribution < -0.4 is 15.5 Å². The molecule has 1 aromatic rings. The van der Waals surface area contributed by atoms with E-state index in [1.165, 1.54) is 24.2 Å². The van der Waals surface area contributed by atoms with Crippen LogP contribution in [0.4, 0.5) is 5.69 Å². The second-order valence-corrected chi connectivity index (χ2v) is 6.97. The highest BCUT2D eigenvalue weighted by Crippen LogP contribution is 2.14. The molecule has 0 aliphatic carbocycles. The lowest BCUT2D eigenvalue weighted by molar-refractivity contribution is 0.292. The van der Waals surface area contributed by atoms with Gasteiger partial charge in [0.25, 0.3) is 0 Å². The summed E-state index contributed by atoms with van der Waals surface area (Å²) in [5.74, 6) is 0.901. The van der Waals surface area contributed by atoms with E-state index < -0.39 is 0 Å². The monoisotopic (exact) mass is 489 g/mol. The van der Waals surface area contributed by atoms with Gasteiger partial charge in [0.05, 0.1) is 6.54 Å². The highest BCUT2D eigenvalue weighted by atomic mass is 127. The first-order chi connectivity index (χ1) is 12.5. The predicted molar refractivity (Wildman–Crippen MR) is 131 cm³/mol. The maximum absolute atomic E-state index is 4.77. The lowest BCUT2D eigenvalue weighted by Gasteiger charge is -2.21. The number of nitrogens with zero attached hydrogens (tertiary/aromatic N) is 3. The van der Waals surface area contributed by atoms with Crippen molar-refractivity contribution in [2.24, 2.45) is 4.99 Å². The van der Waals surface area contributed by atoms with Crippen molar-refractivity contribution in [1.82, 2.24) is 15.5 Å². The summed E-state index contributed by atoms with van der Waals surface area (Å²) in [6, 6.07) is 8.95. The molecule has 0 radical (unpaired) electrons. The Hall–Kier alpha value is -1.02. The van der Waals surface area contributed by atoms with Crippen molar-refractivity contribution < 1.29 is 0 Å². The number of benzene rings is 1. The molecule has 1 unspecified atom stereocenters. The normalized spacial score (nSPS) is 12.5. The first-order valence-electron chi connectivity index (χ1n) is 10.0. The van der Waals surface area contributed by atoms with E-state index in [1.807, 2.05) is 0 Å². The summed E-state index contributed by atoms with van der Waals surface area (Å²) >= 11 is 0.